The molecule has 10 heavy (non-hydrogen) atoms. The van der Waals surface area contributed by atoms with Gasteiger partial charge in [-0.2, -0.15) is 0 Å². The van der Waals surface area contributed by atoms with E-state index in [-0.39, 0.29) is 0 Å². The Labute approximate surface area is 58.6 Å². The molecule has 5 N–H and O–H groups in total. The molecular weight excluding hydrogens is 134 g/mol. The molecule has 1 aliphatic rings. The van der Waals surface area contributed by atoms with Crippen LogP contribution >= 0.6 is 0 Å². The molecule has 0 saturated carbocycles. The molecule has 4 atom stereocenters. The van der Waals surface area contributed by atoms with Crippen LogP contribution < -0.4 is 5.73 Å². The van der Waals surface area contributed by atoms with E-state index in [9.17, 15) is 0 Å². The smallest absolute Gasteiger partial charge is 0.111 e. The van der Waals surface area contributed by atoms with Crippen molar-refractivity contribution >= 4 is 0 Å². The van der Waals surface area contributed by atoms with Crippen LogP contribution in [0.3, 0.4) is 0 Å². The highest BCUT2D eigenvalue weighted by molar-refractivity contribution is 5.09. The summed E-state index contributed by atoms with van der Waals surface area (Å²) in [6.45, 7) is 0. The molecule has 0 amide bonds. The SMILES string of the molecule is N[C@@H]1C=C[C@H](O)[C@H](O)[C@H]1O. The standard InChI is InChI=1S/C6H11NO3/c7-3-1-2-4(8)6(10)5(3)9/h1-6,8-10H,7H2/t3-,4+,5+,6+/m1/s1. The predicted molar refractivity (Wildman–Crippen MR) is 35.1 cm³/mol. The molecular formula is C6H11NO3. The second-order valence-electron chi connectivity index (χ2n) is 2.43. The van der Waals surface area contributed by atoms with E-state index >= 15 is 0 Å². The van der Waals surface area contributed by atoms with Gasteiger partial charge in [-0.05, 0) is 0 Å². The number of aliphatic hydroxyl groups is 3. The summed E-state index contributed by atoms with van der Waals surface area (Å²) in [5.74, 6) is 0. The third-order valence-electron chi connectivity index (χ3n) is 1.62. The van der Waals surface area contributed by atoms with Crippen molar-refractivity contribution < 1.29 is 15.3 Å². The van der Waals surface area contributed by atoms with Crippen LogP contribution in [0.15, 0.2) is 12.2 Å². The average molecular weight is 145 g/mol. The Hall–Kier alpha value is -0.420. The summed E-state index contributed by atoms with van der Waals surface area (Å²) in [7, 11) is 0. The molecule has 58 valence electrons. The highest BCUT2D eigenvalue weighted by Crippen LogP contribution is 2.11. The van der Waals surface area contributed by atoms with Crippen LogP contribution in [0.25, 0.3) is 0 Å². The zero-order chi connectivity index (χ0) is 7.72. The van der Waals surface area contributed by atoms with E-state index in [1.54, 1.807) is 0 Å². The van der Waals surface area contributed by atoms with Gasteiger partial charge in [0.1, 0.15) is 18.3 Å². The summed E-state index contributed by atoms with van der Waals surface area (Å²) in [5, 5.41) is 26.9. The molecule has 0 radical (unpaired) electrons. The fraction of sp³-hybridized carbons (Fsp3) is 0.667. The van der Waals surface area contributed by atoms with Gasteiger partial charge in [-0.3, -0.25) is 0 Å². The molecule has 0 aromatic heterocycles. The van der Waals surface area contributed by atoms with Crippen LogP contribution in [0.4, 0.5) is 0 Å². The van der Waals surface area contributed by atoms with Crippen molar-refractivity contribution in [1.29, 1.82) is 0 Å². The van der Waals surface area contributed by atoms with Gasteiger partial charge in [0.05, 0.1) is 6.04 Å². The maximum Gasteiger partial charge on any atom is 0.111 e. The van der Waals surface area contributed by atoms with Crippen molar-refractivity contribution in [3.05, 3.63) is 12.2 Å². The molecule has 0 aromatic carbocycles. The Balaban J connectivity index is 2.69. The number of rotatable bonds is 0. The van der Waals surface area contributed by atoms with E-state index in [1.165, 1.54) is 12.2 Å². The Bertz CT molecular complexity index is 132. The lowest BCUT2D eigenvalue weighted by Gasteiger charge is -2.28. The van der Waals surface area contributed by atoms with Gasteiger partial charge in [0.25, 0.3) is 0 Å². The molecule has 0 aliphatic heterocycles. The summed E-state index contributed by atoms with van der Waals surface area (Å²) in [4.78, 5) is 0. The monoisotopic (exact) mass is 145 g/mol. The number of hydrogen-bond acceptors (Lipinski definition) is 4. The zero-order valence-electron chi connectivity index (χ0n) is 5.38. The predicted octanol–water partition coefficient (Wildman–Crippen LogP) is -2.03. The molecule has 4 nitrogen and oxygen atoms in total. The van der Waals surface area contributed by atoms with E-state index in [1.807, 2.05) is 0 Å². The summed E-state index contributed by atoms with van der Waals surface area (Å²) in [5.41, 5.74) is 5.32. The van der Waals surface area contributed by atoms with Crippen LogP contribution in [0.5, 0.6) is 0 Å². The lowest BCUT2D eigenvalue weighted by atomic mass is 9.95. The van der Waals surface area contributed by atoms with E-state index in [0.717, 1.165) is 0 Å². The highest BCUT2D eigenvalue weighted by Gasteiger charge is 2.30. The third kappa shape index (κ3) is 1.19. The minimum atomic E-state index is -1.15. The molecule has 0 aromatic rings. The van der Waals surface area contributed by atoms with Gasteiger partial charge in [0.15, 0.2) is 0 Å². The van der Waals surface area contributed by atoms with Gasteiger partial charge in [0.2, 0.25) is 0 Å². The molecule has 0 fully saturated rings. The van der Waals surface area contributed by atoms with Gasteiger partial charge in [0, 0.05) is 0 Å². The van der Waals surface area contributed by atoms with Crippen LogP contribution in [-0.2, 0) is 0 Å². The van der Waals surface area contributed by atoms with Gasteiger partial charge in [-0.15, -0.1) is 0 Å². The summed E-state index contributed by atoms with van der Waals surface area (Å²) < 4.78 is 0. The number of nitrogens with two attached hydrogens (primary N) is 1. The van der Waals surface area contributed by atoms with Gasteiger partial charge < -0.3 is 21.1 Å². The van der Waals surface area contributed by atoms with E-state index in [2.05, 4.69) is 0 Å². The minimum Gasteiger partial charge on any atom is -0.388 e. The first-order chi connectivity index (χ1) is 4.63. The van der Waals surface area contributed by atoms with Gasteiger partial charge in [-0.25, -0.2) is 0 Å². The Kier molecular flexibility index (Phi) is 2.05. The molecule has 0 unspecified atom stereocenters. The zero-order valence-corrected chi connectivity index (χ0v) is 5.38. The molecule has 1 aliphatic carbocycles. The lowest BCUT2D eigenvalue weighted by Crippen LogP contribution is -2.49. The third-order valence-corrected chi connectivity index (χ3v) is 1.62. The second kappa shape index (κ2) is 2.67. The van der Waals surface area contributed by atoms with E-state index < -0.39 is 24.4 Å². The second-order valence-corrected chi connectivity index (χ2v) is 2.43. The first-order valence-corrected chi connectivity index (χ1v) is 3.11. The van der Waals surface area contributed by atoms with Crippen molar-refractivity contribution in [2.75, 3.05) is 0 Å². The van der Waals surface area contributed by atoms with E-state index in [0.29, 0.717) is 0 Å². The largest absolute Gasteiger partial charge is 0.388 e. The Morgan fingerprint density at radius 1 is 1.00 bits per heavy atom. The van der Waals surface area contributed by atoms with Gasteiger partial charge >= 0.3 is 0 Å². The first kappa shape index (κ1) is 7.68. The summed E-state index contributed by atoms with van der Waals surface area (Å²) >= 11 is 0. The van der Waals surface area contributed by atoms with Crippen molar-refractivity contribution in [3.63, 3.8) is 0 Å². The molecule has 0 bridgehead atoms. The van der Waals surface area contributed by atoms with Crippen LogP contribution in [0.1, 0.15) is 0 Å². The average Bonchev–Trinajstić information content (AvgIpc) is 1.93. The normalized spacial score (nSPS) is 47.6. The Morgan fingerprint density at radius 3 is 2.10 bits per heavy atom. The summed E-state index contributed by atoms with van der Waals surface area (Å²) in [6.07, 6.45) is -0.348. The number of hydrogen-bond donors (Lipinski definition) is 4. The van der Waals surface area contributed by atoms with Crippen molar-refractivity contribution in [1.82, 2.24) is 0 Å². The first-order valence-electron chi connectivity index (χ1n) is 3.11. The highest BCUT2D eigenvalue weighted by atomic mass is 16.4. The molecule has 1 rings (SSSR count). The lowest BCUT2D eigenvalue weighted by molar-refractivity contribution is -0.0518. The fourth-order valence-corrected chi connectivity index (χ4v) is 0.900. The Morgan fingerprint density at radius 2 is 1.60 bits per heavy atom. The molecule has 4 heteroatoms. The maximum absolute atomic E-state index is 9.03. The van der Waals surface area contributed by atoms with Crippen molar-refractivity contribution in [2.24, 2.45) is 5.73 Å². The van der Waals surface area contributed by atoms with Gasteiger partial charge in [-0.1, -0.05) is 12.2 Å². The van der Waals surface area contributed by atoms with Crippen molar-refractivity contribution in [2.45, 2.75) is 24.4 Å². The molecule has 0 spiro atoms. The van der Waals surface area contributed by atoms with Crippen LogP contribution in [0.2, 0.25) is 0 Å². The van der Waals surface area contributed by atoms with Crippen LogP contribution in [0, 0.1) is 0 Å². The quantitative estimate of drug-likeness (QED) is 0.296. The summed E-state index contributed by atoms with van der Waals surface area (Å²) in [6, 6.07) is -0.571. The molecule has 0 heterocycles. The molecule has 0 saturated heterocycles. The maximum atomic E-state index is 9.03. The van der Waals surface area contributed by atoms with Crippen LogP contribution in [-0.4, -0.2) is 39.7 Å². The fourth-order valence-electron chi connectivity index (χ4n) is 0.900. The minimum absolute atomic E-state index is 0.571. The van der Waals surface area contributed by atoms with E-state index in [4.69, 9.17) is 21.1 Å². The number of aliphatic hydroxyl groups excluding tert-OH is 3. The topological polar surface area (TPSA) is 86.7 Å². The van der Waals surface area contributed by atoms with Crippen molar-refractivity contribution in [3.8, 4) is 0 Å².